The van der Waals surface area contributed by atoms with Gasteiger partial charge in [0.25, 0.3) is 0 Å². The first kappa shape index (κ1) is 12.1. The average molecular weight is 263 g/mol. The van der Waals surface area contributed by atoms with Crippen LogP contribution in [0.5, 0.6) is 0 Å². The van der Waals surface area contributed by atoms with E-state index in [1.165, 1.54) is 0 Å². The fourth-order valence-corrected chi connectivity index (χ4v) is 1.83. The summed E-state index contributed by atoms with van der Waals surface area (Å²) in [5.41, 5.74) is 6.80. The van der Waals surface area contributed by atoms with E-state index in [4.69, 9.17) is 0 Å². The summed E-state index contributed by atoms with van der Waals surface area (Å²) in [4.78, 5) is 3.95. The first-order valence-corrected chi connectivity index (χ1v) is 6.21. The Hall–Kier alpha value is -2.95. The van der Waals surface area contributed by atoms with E-state index in [0.29, 0.717) is 0 Å². The molecule has 0 amide bonds. The summed E-state index contributed by atoms with van der Waals surface area (Å²) >= 11 is 0. The van der Waals surface area contributed by atoms with Gasteiger partial charge in [0.2, 0.25) is 0 Å². The molecule has 2 aromatic heterocycles. The zero-order chi connectivity index (χ0) is 13.6. The van der Waals surface area contributed by atoms with Gasteiger partial charge in [0, 0.05) is 23.5 Å². The number of pyridine rings is 1. The zero-order valence-corrected chi connectivity index (χ0v) is 10.7. The summed E-state index contributed by atoms with van der Waals surface area (Å²) in [5, 5.41) is 11.3. The number of aromatic amines is 1. The molecule has 0 bridgehead atoms. The maximum atomic E-state index is 4.21. The summed E-state index contributed by atoms with van der Waals surface area (Å²) in [6, 6.07) is 13.7. The molecule has 3 aromatic rings. The molecule has 0 aliphatic carbocycles. The molecule has 2 N–H and O–H groups in total. The molecule has 1 aromatic carbocycles. The van der Waals surface area contributed by atoms with E-state index in [1.54, 1.807) is 24.8 Å². The van der Waals surface area contributed by atoms with Gasteiger partial charge in [-0.25, -0.2) is 0 Å². The Labute approximate surface area is 116 Å². The first-order chi connectivity index (χ1) is 9.93. The normalized spacial score (nSPS) is 10.8. The molecule has 0 spiro atoms. The van der Waals surface area contributed by atoms with E-state index >= 15 is 0 Å². The van der Waals surface area contributed by atoms with Crippen LogP contribution in [0, 0.1) is 0 Å². The lowest BCUT2D eigenvalue weighted by atomic mass is 10.1. The van der Waals surface area contributed by atoms with Crippen LogP contribution in [0.15, 0.2) is 66.2 Å². The van der Waals surface area contributed by atoms with Crippen molar-refractivity contribution in [2.24, 2.45) is 5.10 Å². The molecule has 5 heteroatoms. The van der Waals surface area contributed by atoms with Gasteiger partial charge in [-0.15, -0.1) is 0 Å². The van der Waals surface area contributed by atoms with E-state index in [9.17, 15) is 0 Å². The summed E-state index contributed by atoms with van der Waals surface area (Å²) in [6.07, 6.45) is 6.92. The average Bonchev–Trinajstić information content (AvgIpc) is 2.98. The maximum absolute atomic E-state index is 4.21. The fraction of sp³-hybridized carbons (Fsp3) is 0. The largest absolute Gasteiger partial charge is 0.278 e. The van der Waals surface area contributed by atoms with E-state index in [1.807, 2.05) is 42.5 Å². The predicted octanol–water partition coefficient (Wildman–Crippen LogP) is 2.92. The molecular weight excluding hydrogens is 250 g/mol. The van der Waals surface area contributed by atoms with Gasteiger partial charge in [-0.2, -0.15) is 10.2 Å². The highest BCUT2D eigenvalue weighted by molar-refractivity contribution is 5.88. The third kappa shape index (κ3) is 2.72. The molecule has 20 heavy (non-hydrogen) atoms. The van der Waals surface area contributed by atoms with Crippen molar-refractivity contribution in [2.75, 3.05) is 5.43 Å². The van der Waals surface area contributed by atoms with E-state index < -0.39 is 0 Å². The van der Waals surface area contributed by atoms with Crippen LogP contribution >= 0.6 is 0 Å². The van der Waals surface area contributed by atoms with Crippen LogP contribution < -0.4 is 5.43 Å². The second-order valence-electron chi connectivity index (χ2n) is 4.17. The third-order valence-electron chi connectivity index (χ3n) is 2.81. The van der Waals surface area contributed by atoms with Gasteiger partial charge in [0.05, 0.1) is 23.8 Å². The number of rotatable bonds is 4. The summed E-state index contributed by atoms with van der Waals surface area (Å²) in [5.74, 6) is 0. The molecule has 3 rings (SSSR count). The monoisotopic (exact) mass is 263 g/mol. The van der Waals surface area contributed by atoms with E-state index in [2.05, 4.69) is 25.7 Å². The van der Waals surface area contributed by atoms with Crippen LogP contribution in [0.25, 0.3) is 11.3 Å². The number of nitrogens with one attached hydrogen (secondary N) is 2. The van der Waals surface area contributed by atoms with Crippen molar-refractivity contribution in [1.82, 2.24) is 15.2 Å². The van der Waals surface area contributed by atoms with E-state index in [0.717, 1.165) is 22.5 Å². The molecule has 0 saturated carbocycles. The van der Waals surface area contributed by atoms with Crippen LogP contribution in [0.4, 0.5) is 5.69 Å². The Morgan fingerprint density at radius 2 is 1.85 bits per heavy atom. The zero-order valence-electron chi connectivity index (χ0n) is 10.7. The van der Waals surface area contributed by atoms with Crippen molar-refractivity contribution in [1.29, 1.82) is 0 Å². The number of benzene rings is 1. The van der Waals surface area contributed by atoms with Crippen LogP contribution in [0.1, 0.15) is 5.56 Å². The molecule has 0 aliphatic rings. The lowest BCUT2D eigenvalue weighted by Gasteiger charge is -2.00. The standard InChI is InChI=1S/C15H13N5/c1-2-4-12(5-3-1)15-13(11-18-20-15)10-17-19-14-6-8-16-9-7-14/h1-11H,(H,16,19)(H,18,20)/b17-10+. The smallest absolute Gasteiger partial charge is 0.0738 e. The number of hydrazone groups is 1. The highest BCUT2D eigenvalue weighted by atomic mass is 15.3. The number of H-pyrrole nitrogens is 1. The minimum Gasteiger partial charge on any atom is -0.278 e. The Morgan fingerprint density at radius 3 is 2.65 bits per heavy atom. The fourth-order valence-electron chi connectivity index (χ4n) is 1.83. The number of hydrogen-bond donors (Lipinski definition) is 2. The van der Waals surface area contributed by atoms with Gasteiger partial charge in [-0.3, -0.25) is 15.5 Å². The quantitative estimate of drug-likeness (QED) is 0.562. The van der Waals surface area contributed by atoms with Crippen LogP contribution in [-0.4, -0.2) is 21.4 Å². The van der Waals surface area contributed by atoms with Gasteiger partial charge >= 0.3 is 0 Å². The molecule has 0 unspecified atom stereocenters. The number of aromatic nitrogens is 3. The molecule has 0 aliphatic heterocycles. The molecule has 0 atom stereocenters. The Bertz CT molecular complexity index is 689. The lowest BCUT2D eigenvalue weighted by molar-refractivity contribution is 1.10. The summed E-state index contributed by atoms with van der Waals surface area (Å²) < 4.78 is 0. The predicted molar refractivity (Wildman–Crippen MR) is 79.5 cm³/mol. The minimum atomic E-state index is 0.890. The summed E-state index contributed by atoms with van der Waals surface area (Å²) in [7, 11) is 0. The Balaban J connectivity index is 1.77. The number of nitrogens with zero attached hydrogens (tertiary/aromatic N) is 3. The van der Waals surface area contributed by atoms with Crippen molar-refractivity contribution in [3.8, 4) is 11.3 Å². The first-order valence-electron chi connectivity index (χ1n) is 6.21. The number of anilines is 1. The highest BCUT2D eigenvalue weighted by Gasteiger charge is 2.04. The van der Waals surface area contributed by atoms with Gasteiger partial charge in [-0.1, -0.05) is 30.3 Å². The molecule has 0 radical (unpaired) electrons. The molecular formula is C15H13N5. The molecule has 98 valence electrons. The van der Waals surface area contributed by atoms with Crippen molar-refractivity contribution >= 4 is 11.9 Å². The SMILES string of the molecule is C(=N\Nc1ccncc1)/c1cn[nH]c1-c1ccccc1. The Kier molecular flexibility index (Phi) is 3.51. The van der Waals surface area contributed by atoms with Crippen molar-refractivity contribution < 1.29 is 0 Å². The van der Waals surface area contributed by atoms with Gasteiger partial charge in [-0.05, 0) is 12.1 Å². The topological polar surface area (TPSA) is 66.0 Å². The molecule has 0 fully saturated rings. The maximum Gasteiger partial charge on any atom is 0.0738 e. The molecule has 2 heterocycles. The van der Waals surface area contributed by atoms with Gasteiger partial charge in [0.15, 0.2) is 0 Å². The molecule has 0 saturated heterocycles. The van der Waals surface area contributed by atoms with Gasteiger partial charge in [0.1, 0.15) is 0 Å². The van der Waals surface area contributed by atoms with Crippen molar-refractivity contribution in [3.05, 3.63) is 66.6 Å². The van der Waals surface area contributed by atoms with Crippen molar-refractivity contribution in [3.63, 3.8) is 0 Å². The number of hydrogen-bond acceptors (Lipinski definition) is 4. The van der Waals surface area contributed by atoms with Gasteiger partial charge < -0.3 is 0 Å². The highest BCUT2D eigenvalue weighted by Crippen LogP contribution is 2.19. The minimum absolute atomic E-state index is 0.890. The van der Waals surface area contributed by atoms with Crippen LogP contribution in [-0.2, 0) is 0 Å². The second kappa shape index (κ2) is 5.79. The summed E-state index contributed by atoms with van der Waals surface area (Å²) in [6.45, 7) is 0. The lowest BCUT2D eigenvalue weighted by Crippen LogP contribution is -1.91. The third-order valence-corrected chi connectivity index (χ3v) is 2.81. The van der Waals surface area contributed by atoms with E-state index in [-0.39, 0.29) is 0 Å². The second-order valence-corrected chi connectivity index (χ2v) is 4.17. The van der Waals surface area contributed by atoms with Crippen molar-refractivity contribution in [2.45, 2.75) is 0 Å². The Morgan fingerprint density at radius 1 is 1.05 bits per heavy atom. The molecule has 5 nitrogen and oxygen atoms in total. The van der Waals surface area contributed by atoms with Crippen LogP contribution in [0.3, 0.4) is 0 Å². The van der Waals surface area contributed by atoms with Crippen LogP contribution in [0.2, 0.25) is 0 Å².